The van der Waals surface area contributed by atoms with Crippen molar-refractivity contribution >= 4 is 75.2 Å². The second-order valence-electron chi connectivity index (χ2n) is 9.31. The predicted octanol–water partition coefficient (Wildman–Crippen LogP) is 11.3. The van der Waals surface area contributed by atoms with E-state index in [1.54, 1.807) is 11.3 Å². The van der Waals surface area contributed by atoms with Crippen LogP contribution in [0, 0.1) is 0 Å². The number of hydrogen-bond acceptors (Lipinski definition) is 2. The van der Waals surface area contributed by atoms with Crippen LogP contribution in [0.2, 0.25) is 0 Å². The van der Waals surface area contributed by atoms with Gasteiger partial charge in [-0.2, -0.15) is 13.2 Å². The van der Waals surface area contributed by atoms with Crippen LogP contribution in [0.25, 0.3) is 63.6 Å². The van der Waals surface area contributed by atoms with Crippen molar-refractivity contribution in [3.05, 3.63) is 120 Å². The summed E-state index contributed by atoms with van der Waals surface area (Å²) in [5, 5.41) is 5.02. The fourth-order valence-corrected chi connectivity index (χ4v) is 7.74. The quantitative estimate of drug-likeness (QED) is 0.197. The van der Waals surface area contributed by atoms with Crippen LogP contribution < -0.4 is 0 Å². The lowest BCUT2D eigenvalue weighted by atomic mass is 9.98. The van der Waals surface area contributed by atoms with Crippen molar-refractivity contribution in [3.8, 4) is 11.1 Å². The van der Waals surface area contributed by atoms with Crippen LogP contribution in [0.3, 0.4) is 0 Å². The van der Waals surface area contributed by atoms with Crippen molar-refractivity contribution in [2.45, 2.75) is 6.18 Å². The maximum atomic E-state index is 12.8. The van der Waals surface area contributed by atoms with E-state index in [0.717, 1.165) is 23.3 Å². The molecule has 0 aliphatic carbocycles. The van der Waals surface area contributed by atoms with E-state index < -0.39 is 11.7 Å². The summed E-state index contributed by atoms with van der Waals surface area (Å²) in [4.78, 5) is 0. The molecule has 0 amide bonds. The summed E-state index contributed by atoms with van der Waals surface area (Å²) >= 11 is 3.63. The third kappa shape index (κ3) is 3.99. The zero-order chi connectivity index (χ0) is 25.9. The number of halogens is 3. The molecule has 2 heterocycles. The normalized spacial score (nSPS) is 12.5. The molecule has 7 rings (SSSR count). The second-order valence-corrected chi connectivity index (χ2v) is 11.4. The number of alkyl halides is 3. The molecule has 0 N–H and O–H groups in total. The summed E-state index contributed by atoms with van der Waals surface area (Å²) in [6.07, 6.45) is -0.521. The first-order valence-electron chi connectivity index (χ1n) is 12.2. The van der Waals surface area contributed by atoms with E-state index in [2.05, 4.69) is 78.9 Å². The van der Waals surface area contributed by atoms with E-state index >= 15 is 0 Å². The molecule has 0 spiro atoms. The SMILES string of the molecule is FC(F)(F)c1ccc(/C=C/c2ccc3c(c2)sc2c4ccc(-c5cccc6ccccc56)cc4sc32)cc1. The molecule has 0 unspecified atom stereocenters. The first kappa shape index (κ1) is 23.2. The molecule has 5 aromatic carbocycles. The predicted molar refractivity (Wildman–Crippen MR) is 158 cm³/mol. The Balaban J connectivity index is 1.24. The number of benzene rings is 5. The van der Waals surface area contributed by atoms with Crippen LogP contribution in [0.15, 0.2) is 103 Å². The molecule has 0 fully saturated rings. The lowest BCUT2D eigenvalue weighted by Gasteiger charge is -2.07. The monoisotopic (exact) mass is 536 g/mol. The summed E-state index contributed by atoms with van der Waals surface area (Å²) < 4.78 is 43.5. The molecule has 7 aromatic rings. The van der Waals surface area contributed by atoms with Crippen LogP contribution in [0.1, 0.15) is 16.7 Å². The van der Waals surface area contributed by atoms with Crippen LogP contribution >= 0.6 is 22.7 Å². The highest BCUT2D eigenvalue weighted by molar-refractivity contribution is 7.36. The molecule has 0 bridgehead atoms. The molecule has 0 radical (unpaired) electrons. The van der Waals surface area contributed by atoms with Gasteiger partial charge in [-0.25, -0.2) is 0 Å². The van der Waals surface area contributed by atoms with E-state index in [4.69, 9.17) is 0 Å². The summed E-state index contributed by atoms with van der Waals surface area (Å²) in [7, 11) is 0. The van der Waals surface area contributed by atoms with Crippen molar-refractivity contribution in [3.63, 3.8) is 0 Å². The minimum atomic E-state index is -4.32. The average Bonchev–Trinajstić information content (AvgIpc) is 3.46. The second kappa shape index (κ2) is 8.83. The van der Waals surface area contributed by atoms with Gasteiger partial charge in [0.05, 0.1) is 15.0 Å². The van der Waals surface area contributed by atoms with Gasteiger partial charge in [-0.05, 0) is 57.3 Å². The maximum Gasteiger partial charge on any atom is 0.416 e. The van der Waals surface area contributed by atoms with Crippen molar-refractivity contribution in [2.75, 3.05) is 0 Å². The summed E-state index contributed by atoms with van der Waals surface area (Å²) in [5.41, 5.74) is 3.59. The van der Waals surface area contributed by atoms with Crippen LogP contribution in [0.4, 0.5) is 13.2 Å². The minimum Gasteiger partial charge on any atom is -0.166 e. The highest BCUT2D eigenvalue weighted by atomic mass is 32.1. The van der Waals surface area contributed by atoms with Gasteiger partial charge < -0.3 is 0 Å². The third-order valence-electron chi connectivity index (χ3n) is 6.91. The highest BCUT2D eigenvalue weighted by Crippen LogP contribution is 2.45. The Morgan fingerprint density at radius 3 is 1.95 bits per heavy atom. The molecular formula is C33H19F3S2. The van der Waals surface area contributed by atoms with Gasteiger partial charge in [0.2, 0.25) is 0 Å². The van der Waals surface area contributed by atoms with Gasteiger partial charge in [0.1, 0.15) is 0 Å². The minimum absolute atomic E-state index is 0.633. The number of fused-ring (bicyclic) bond motifs is 6. The van der Waals surface area contributed by atoms with Gasteiger partial charge >= 0.3 is 6.18 Å². The Bertz CT molecular complexity index is 2000. The molecule has 38 heavy (non-hydrogen) atoms. The molecule has 184 valence electrons. The average molecular weight is 537 g/mol. The summed E-state index contributed by atoms with van der Waals surface area (Å²) in [5.74, 6) is 0. The van der Waals surface area contributed by atoms with E-state index in [1.165, 1.54) is 63.6 Å². The van der Waals surface area contributed by atoms with Gasteiger partial charge in [0.15, 0.2) is 0 Å². The topological polar surface area (TPSA) is 0 Å². The zero-order valence-corrected chi connectivity index (χ0v) is 21.6. The van der Waals surface area contributed by atoms with Crippen molar-refractivity contribution < 1.29 is 13.2 Å². The largest absolute Gasteiger partial charge is 0.416 e. The van der Waals surface area contributed by atoms with E-state index in [-0.39, 0.29) is 0 Å². The molecule has 0 nitrogen and oxygen atoms in total. The molecule has 2 aromatic heterocycles. The standard InChI is InChI=1S/C33H19F3S2/c34-33(35,36)24-14-10-20(11-15-24)8-9-21-12-16-27-29(18-21)37-32-28-17-13-23(19-30(28)38-31(27)32)26-7-3-5-22-4-1-2-6-25(22)26/h1-19H/b9-8+. The Hall–Kier alpha value is -3.93. The summed E-state index contributed by atoms with van der Waals surface area (Å²) in [6.45, 7) is 0. The Morgan fingerprint density at radius 2 is 1.18 bits per heavy atom. The molecule has 0 saturated carbocycles. The lowest BCUT2D eigenvalue weighted by molar-refractivity contribution is -0.137. The fourth-order valence-electron chi connectivity index (χ4n) is 5.00. The first-order chi connectivity index (χ1) is 18.4. The molecule has 0 aliphatic heterocycles. The van der Waals surface area contributed by atoms with Crippen LogP contribution in [-0.2, 0) is 6.18 Å². The molecule has 0 aliphatic rings. The molecule has 0 atom stereocenters. The first-order valence-corrected chi connectivity index (χ1v) is 13.8. The Morgan fingerprint density at radius 1 is 0.553 bits per heavy atom. The molecule has 0 saturated heterocycles. The molecular weight excluding hydrogens is 517 g/mol. The smallest absolute Gasteiger partial charge is 0.166 e. The number of rotatable bonds is 3. The van der Waals surface area contributed by atoms with Crippen molar-refractivity contribution in [1.29, 1.82) is 0 Å². The zero-order valence-electron chi connectivity index (χ0n) is 19.9. The van der Waals surface area contributed by atoms with Crippen molar-refractivity contribution in [1.82, 2.24) is 0 Å². The van der Waals surface area contributed by atoms with Crippen molar-refractivity contribution in [2.24, 2.45) is 0 Å². The van der Waals surface area contributed by atoms with E-state index in [9.17, 15) is 13.2 Å². The van der Waals surface area contributed by atoms with E-state index in [0.29, 0.717) is 0 Å². The van der Waals surface area contributed by atoms with E-state index in [1.807, 2.05) is 23.5 Å². The van der Waals surface area contributed by atoms with Gasteiger partial charge in [-0.3, -0.25) is 0 Å². The van der Waals surface area contributed by atoms with Gasteiger partial charge in [-0.1, -0.05) is 91.0 Å². The summed E-state index contributed by atoms with van der Waals surface area (Å²) in [6, 6.07) is 33.3. The van der Waals surface area contributed by atoms with Crippen LogP contribution in [-0.4, -0.2) is 0 Å². The number of hydrogen-bond donors (Lipinski definition) is 0. The Kier molecular flexibility index (Phi) is 5.39. The van der Waals surface area contributed by atoms with Gasteiger partial charge in [-0.15, -0.1) is 22.7 Å². The van der Waals surface area contributed by atoms with Gasteiger partial charge in [0.25, 0.3) is 0 Å². The third-order valence-corrected chi connectivity index (χ3v) is 9.41. The number of thiophene rings is 2. The Labute approximate surface area is 224 Å². The maximum absolute atomic E-state index is 12.8. The van der Waals surface area contributed by atoms with Crippen LogP contribution in [0.5, 0.6) is 0 Å². The fraction of sp³-hybridized carbons (Fsp3) is 0.0303. The van der Waals surface area contributed by atoms with Gasteiger partial charge in [0, 0.05) is 20.2 Å². The lowest BCUT2D eigenvalue weighted by Crippen LogP contribution is -2.03. The molecule has 5 heteroatoms. The highest BCUT2D eigenvalue weighted by Gasteiger charge is 2.29.